The molecular formula is C12H26O2. The van der Waals surface area contributed by atoms with E-state index in [1.807, 2.05) is 20.8 Å². The van der Waals surface area contributed by atoms with Gasteiger partial charge in [-0.25, -0.2) is 0 Å². The highest BCUT2D eigenvalue weighted by molar-refractivity contribution is 4.78. The van der Waals surface area contributed by atoms with E-state index in [1.54, 1.807) is 0 Å². The molecule has 0 bridgehead atoms. The fraction of sp³-hybridized carbons (Fsp3) is 1.00. The van der Waals surface area contributed by atoms with Crippen molar-refractivity contribution >= 4 is 0 Å². The summed E-state index contributed by atoms with van der Waals surface area (Å²) in [7, 11) is 0. The van der Waals surface area contributed by atoms with E-state index >= 15 is 0 Å². The number of hydrogen-bond donors (Lipinski definition) is 0. The van der Waals surface area contributed by atoms with Crippen molar-refractivity contribution in [2.24, 2.45) is 11.3 Å². The molecule has 1 aliphatic heterocycles. The van der Waals surface area contributed by atoms with Crippen LogP contribution in [0, 0.1) is 11.3 Å². The number of hydrogen-bond acceptors (Lipinski definition) is 2. The molecule has 0 spiro atoms. The van der Waals surface area contributed by atoms with Crippen LogP contribution in [0.15, 0.2) is 0 Å². The zero-order valence-electron chi connectivity index (χ0n) is 10.8. The molecule has 1 rings (SSSR count). The quantitative estimate of drug-likeness (QED) is 0.648. The first-order valence-corrected chi connectivity index (χ1v) is 5.64. The van der Waals surface area contributed by atoms with E-state index in [9.17, 15) is 0 Å². The molecule has 0 radical (unpaired) electrons. The van der Waals surface area contributed by atoms with E-state index in [-0.39, 0.29) is 11.2 Å². The average molecular weight is 202 g/mol. The van der Waals surface area contributed by atoms with Gasteiger partial charge in [0.25, 0.3) is 0 Å². The van der Waals surface area contributed by atoms with E-state index in [2.05, 4.69) is 27.7 Å². The molecule has 0 unspecified atom stereocenters. The minimum absolute atomic E-state index is 0.175. The zero-order valence-corrected chi connectivity index (χ0v) is 10.8. The molecule has 2 nitrogen and oxygen atoms in total. The van der Waals surface area contributed by atoms with Crippen molar-refractivity contribution in [1.29, 1.82) is 0 Å². The first-order valence-electron chi connectivity index (χ1n) is 5.64. The Morgan fingerprint density at radius 3 is 1.57 bits per heavy atom. The maximum atomic E-state index is 5.72. The van der Waals surface area contributed by atoms with Gasteiger partial charge in [-0.05, 0) is 6.92 Å². The van der Waals surface area contributed by atoms with Crippen LogP contribution in [0.1, 0.15) is 48.5 Å². The highest BCUT2D eigenvalue weighted by atomic mass is 16.7. The van der Waals surface area contributed by atoms with Gasteiger partial charge in [-0.15, -0.1) is 0 Å². The van der Waals surface area contributed by atoms with Crippen LogP contribution in [0.3, 0.4) is 0 Å². The number of ether oxygens (including phenoxy) is 2. The van der Waals surface area contributed by atoms with Crippen LogP contribution in [0.25, 0.3) is 0 Å². The maximum Gasteiger partial charge on any atom is 0.167 e. The minimum atomic E-state index is -0.366. The van der Waals surface area contributed by atoms with E-state index in [4.69, 9.17) is 9.47 Å². The summed E-state index contributed by atoms with van der Waals surface area (Å²) in [5.74, 6) is 0.0452. The Bertz CT molecular complexity index is 152. The Balaban J connectivity index is 0.000000791. The Labute approximate surface area is 89.0 Å². The van der Waals surface area contributed by atoms with Crippen LogP contribution >= 0.6 is 0 Å². The van der Waals surface area contributed by atoms with E-state index in [1.165, 1.54) is 0 Å². The first-order chi connectivity index (χ1) is 6.36. The standard InChI is InChI=1S/C10H20O2.C2H6/c1-8(2)10(5)11-6-9(3,4)7-12-10;1-2/h8H,6-7H2,1-5H3;1-2H3. The molecule has 1 fully saturated rings. The molecule has 0 amide bonds. The second-order valence-electron chi connectivity index (χ2n) is 4.91. The van der Waals surface area contributed by atoms with Crippen molar-refractivity contribution in [3.05, 3.63) is 0 Å². The van der Waals surface area contributed by atoms with Crippen molar-refractivity contribution in [3.8, 4) is 0 Å². The lowest BCUT2D eigenvalue weighted by atomic mass is 9.93. The Kier molecular flexibility index (Phi) is 5.10. The number of rotatable bonds is 1. The van der Waals surface area contributed by atoms with Crippen LogP contribution in [-0.2, 0) is 9.47 Å². The molecule has 0 aromatic heterocycles. The second kappa shape index (κ2) is 5.13. The summed E-state index contributed by atoms with van der Waals surface area (Å²) in [6, 6.07) is 0. The molecule has 2 heteroatoms. The predicted molar refractivity (Wildman–Crippen MR) is 60.3 cm³/mol. The van der Waals surface area contributed by atoms with Crippen LogP contribution in [-0.4, -0.2) is 19.0 Å². The molecule has 1 heterocycles. The van der Waals surface area contributed by atoms with Crippen molar-refractivity contribution in [1.82, 2.24) is 0 Å². The van der Waals surface area contributed by atoms with Gasteiger partial charge in [-0.2, -0.15) is 0 Å². The molecule has 0 saturated carbocycles. The zero-order chi connectivity index (χ0) is 11.4. The normalized spacial score (nSPS) is 24.0. The van der Waals surface area contributed by atoms with Gasteiger partial charge in [0.15, 0.2) is 5.79 Å². The molecular weight excluding hydrogens is 176 g/mol. The van der Waals surface area contributed by atoms with Crippen molar-refractivity contribution < 1.29 is 9.47 Å². The van der Waals surface area contributed by atoms with Crippen LogP contribution < -0.4 is 0 Å². The summed E-state index contributed by atoms with van der Waals surface area (Å²) in [6.07, 6.45) is 0. The van der Waals surface area contributed by atoms with Gasteiger partial charge < -0.3 is 9.47 Å². The third-order valence-corrected chi connectivity index (χ3v) is 2.55. The van der Waals surface area contributed by atoms with Gasteiger partial charge in [0.2, 0.25) is 0 Å². The van der Waals surface area contributed by atoms with Crippen molar-refractivity contribution in [3.63, 3.8) is 0 Å². The molecule has 0 aromatic carbocycles. The first kappa shape index (κ1) is 13.9. The lowest BCUT2D eigenvalue weighted by molar-refractivity contribution is -0.308. The van der Waals surface area contributed by atoms with Crippen molar-refractivity contribution in [2.45, 2.75) is 54.3 Å². The largest absolute Gasteiger partial charge is 0.349 e. The monoisotopic (exact) mass is 202 g/mol. The maximum absolute atomic E-state index is 5.72. The fourth-order valence-electron chi connectivity index (χ4n) is 1.09. The molecule has 0 aliphatic carbocycles. The van der Waals surface area contributed by atoms with Gasteiger partial charge >= 0.3 is 0 Å². The lowest BCUT2D eigenvalue weighted by Crippen LogP contribution is -2.48. The van der Waals surface area contributed by atoms with Gasteiger partial charge in [-0.1, -0.05) is 41.5 Å². The van der Waals surface area contributed by atoms with Crippen molar-refractivity contribution in [2.75, 3.05) is 13.2 Å². The molecule has 14 heavy (non-hydrogen) atoms. The third kappa shape index (κ3) is 3.58. The molecule has 86 valence electrons. The smallest absolute Gasteiger partial charge is 0.167 e. The molecule has 0 N–H and O–H groups in total. The summed E-state index contributed by atoms with van der Waals surface area (Å²) in [6.45, 7) is 16.2. The minimum Gasteiger partial charge on any atom is -0.349 e. The SMILES string of the molecule is CC.CC(C)C1(C)OCC(C)(C)CO1. The molecule has 1 saturated heterocycles. The van der Waals surface area contributed by atoms with Crippen LogP contribution in [0.4, 0.5) is 0 Å². The third-order valence-electron chi connectivity index (χ3n) is 2.55. The van der Waals surface area contributed by atoms with Gasteiger partial charge in [0.05, 0.1) is 13.2 Å². The highest BCUT2D eigenvalue weighted by Gasteiger charge is 2.38. The highest BCUT2D eigenvalue weighted by Crippen LogP contribution is 2.33. The lowest BCUT2D eigenvalue weighted by Gasteiger charge is -2.43. The Morgan fingerprint density at radius 2 is 1.29 bits per heavy atom. The summed E-state index contributed by atoms with van der Waals surface area (Å²) < 4.78 is 11.4. The Morgan fingerprint density at radius 1 is 0.929 bits per heavy atom. The Hall–Kier alpha value is -0.0800. The van der Waals surface area contributed by atoms with Gasteiger partial charge in [0, 0.05) is 11.3 Å². The summed E-state index contributed by atoms with van der Waals surface area (Å²) in [4.78, 5) is 0. The van der Waals surface area contributed by atoms with Crippen LogP contribution in [0.5, 0.6) is 0 Å². The molecule has 0 aromatic rings. The predicted octanol–water partition coefficient (Wildman–Crippen LogP) is 3.46. The topological polar surface area (TPSA) is 18.5 Å². The van der Waals surface area contributed by atoms with Gasteiger partial charge in [-0.3, -0.25) is 0 Å². The molecule has 0 atom stereocenters. The fourth-order valence-corrected chi connectivity index (χ4v) is 1.09. The van der Waals surface area contributed by atoms with E-state index in [0.29, 0.717) is 5.92 Å². The van der Waals surface area contributed by atoms with E-state index in [0.717, 1.165) is 13.2 Å². The summed E-state index contributed by atoms with van der Waals surface area (Å²) >= 11 is 0. The molecule has 1 aliphatic rings. The average Bonchev–Trinajstić information content (AvgIpc) is 2.14. The van der Waals surface area contributed by atoms with E-state index < -0.39 is 0 Å². The second-order valence-corrected chi connectivity index (χ2v) is 4.91. The summed E-state index contributed by atoms with van der Waals surface area (Å²) in [5.41, 5.74) is 0.175. The van der Waals surface area contributed by atoms with Gasteiger partial charge in [0.1, 0.15) is 0 Å². The summed E-state index contributed by atoms with van der Waals surface area (Å²) in [5, 5.41) is 0. The van der Waals surface area contributed by atoms with Crippen LogP contribution in [0.2, 0.25) is 0 Å².